The number of phenolic OH excluding ortho intramolecular Hbond substituents is 1. The van der Waals surface area contributed by atoms with Gasteiger partial charge in [0.05, 0.1) is 16.4 Å². The lowest BCUT2D eigenvalue weighted by Crippen LogP contribution is -2.06. The Kier molecular flexibility index (Phi) is 3.51. The highest BCUT2D eigenvalue weighted by Crippen LogP contribution is 2.33. The average molecular weight is 229 g/mol. The third-order valence-electron chi connectivity index (χ3n) is 1.61. The van der Waals surface area contributed by atoms with Crippen molar-refractivity contribution in [2.45, 2.75) is 6.92 Å². The normalized spacial score (nSPS) is 9.47. The second-order valence-corrected chi connectivity index (χ2v) is 3.20. The molecule has 0 aliphatic rings. The molecule has 3 N–H and O–H groups in total. The van der Waals surface area contributed by atoms with Gasteiger partial charge in [-0.1, -0.05) is 11.6 Å². The third-order valence-corrected chi connectivity index (χ3v) is 1.92. The van der Waals surface area contributed by atoms with Crippen molar-refractivity contribution in [1.82, 2.24) is 0 Å². The van der Waals surface area contributed by atoms with Gasteiger partial charge in [0.1, 0.15) is 5.75 Å². The predicted molar refractivity (Wildman–Crippen MR) is 57.1 cm³/mol. The number of halogens is 1. The first-order valence-electron chi connectivity index (χ1n) is 4.05. The van der Waals surface area contributed by atoms with Crippen molar-refractivity contribution in [3.63, 3.8) is 0 Å². The maximum Gasteiger partial charge on any atom is 0.221 e. The van der Waals surface area contributed by atoms with Crippen LogP contribution in [0.15, 0.2) is 12.1 Å². The van der Waals surface area contributed by atoms with Gasteiger partial charge in [-0.25, -0.2) is 0 Å². The maximum atomic E-state index is 10.8. The molecule has 0 fully saturated rings. The summed E-state index contributed by atoms with van der Waals surface area (Å²) in [7, 11) is 0. The molecular weight excluding hydrogens is 220 g/mol. The van der Waals surface area contributed by atoms with Gasteiger partial charge < -0.3 is 15.7 Å². The fourth-order valence-corrected chi connectivity index (χ4v) is 1.24. The zero-order chi connectivity index (χ0) is 11.4. The molecule has 0 saturated carbocycles. The highest BCUT2D eigenvalue weighted by atomic mass is 35.5. The van der Waals surface area contributed by atoms with Gasteiger partial charge in [0.25, 0.3) is 0 Å². The summed E-state index contributed by atoms with van der Waals surface area (Å²) >= 11 is 5.80. The van der Waals surface area contributed by atoms with E-state index in [2.05, 4.69) is 10.6 Å². The molecule has 0 unspecified atom stereocenters. The lowest BCUT2D eigenvalue weighted by Gasteiger charge is -2.08. The van der Waals surface area contributed by atoms with Crippen LogP contribution in [0.1, 0.15) is 6.92 Å². The molecule has 0 radical (unpaired) electrons. The predicted octanol–water partition coefficient (Wildman–Crippen LogP) is 1.57. The fraction of sp³-hybridized carbons (Fsp3) is 0.111. The molecule has 0 bridgehead atoms. The lowest BCUT2D eigenvalue weighted by atomic mass is 10.2. The Morgan fingerprint density at radius 2 is 2.13 bits per heavy atom. The molecule has 1 rings (SSSR count). The monoisotopic (exact) mass is 228 g/mol. The van der Waals surface area contributed by atoms with Gasteiger partial charge in [0, 0.05) is 13.0 Å². The van der Waals surface area contributed by atoms with Crippen molar-refractivity contribution < 1.29 is 14.7 Å². The van der Waals surface area contributed by atoms with Crippen LogP contribution >= 0.6 is 11.6 Å². The number of amides is 2. The molecule has 0 heterocycles. The van der Waals surface area contributed by atoms with Gasteiger partial charge >= 0.3 is 0 Å². The molecule has 0 saturated heterocycles. The first-order valence-corrected chi connectivity index (χ1v) is 4.42. The average Bonchev–Trinajstić information content (AvgIpc) is 2.13. The molecule has 0 spiro atoms. The summed E-state index contributed by atoms with van der Waals surface area (Å²) in [6.45, 7) is 1.32. The van der Waals surface area contributed by atoms with Gasteiger partial charge in [-0.15, -0.1) is 0 Å². The number of aromatic hydroxyl groups is 1. The number of anilines is 2. The van der Waals surface area contributed by atoms with Crippen molar-refractivity contribution in [3.05, 3.63) is 17.2 Å². The summed E-state index contributed by atoms with van der Waals surface area (Å²) in [5, 5.41) is 14.4. The summed E-state index contributed by atoms with van der Waals surface area (Å²) in [4.78, 5) is 20.9. The number of nitrogens with one attached hydrogen (secondary N) is 2. The molecule has 2 amide bonds. The molecule has 0 aliphatic carbocycles. The van der Waals surface area contributed by atoms with Crippen LogP contribution in [-0.4, -0.2) is 17.4 Å². The molecule has 5 nitrogen and oxygen atoms in total. The molecule has 80 valence electrons. The first-order chi connectivity index (χ1) is 7.04. The van der Waals surface area contributed by atoms with Crippen molar-refractivity contribution in [3.8, 4) is 5.75 Å². The Labute approximate surface area is 91.0 Å². The number of rotatable bonds is 3. The van der Waals surface area contributed by atoms with Crippen LogP contribution in [0.5, 0.6) is 5.75 Å². The van der Waals surface area contributed by atoms with Gasteiger partial charge in [0.15, 0.2) is 0 Å². The second-order valence-electron chi connectivity index (χ2n) is 2.79. The standard InChI is InChI=1S/C9H9ClN2O3/c1-5(14)12-7-3-9(15)8(11-4-13)2-6(7)10/h2-4,15H,1H3,(H,11,13)(H,12,14). The Morgan fingerprint density at radius 3 is 2.67 bits per heavy atom. The van der Waals surface area contributed by atoms with Gasteiger partial charge in [-0.05, 0) is 6.07 Å². The van der Waals surface area contributed by atoms with Crippen LogP contribution in [0, 0.1) is 0 Å². The van der Waals surface area contributed by atoms with E-state index in [0.717, 1.165) is 0 Å². The van der Waals surface area contributed by atoms with E-state index in [1.165, 1.54) is 19.1 Å². The molecule has 6 heteroatoms. The first kappa shape index (κ1) is 11.3. The number of hydrogen-bond acceptors (Lipinski definition) is 3. The summed E-state index contributed by atoms with van der Waals surface area (Å²) < 4.78 is 0. The van der Waals surface area contributed by atoms with Crippen LogP contribution in [0.2, 0.25) is 5.02 Å². The molecule has 1 aromatic rings. The summed E-state index contributed by atoms with van der Waals surface area (Å²) in [5.41, 5.74) is 0.474. The number of hydrogen-bond donors (Lipinski definition) is 3. The SMILES string of the molecule is CC(=O)Nc1cc(O)c(NC=O)cc1Cl. The quantitative estimate of drug-likeness (QED) is 0.543. The van der Waals surface area contributed by atoms with E-state index in [9.17, 15) is 14.7 Å². The van der Waals surface area contributed by atoms with Crippen LogP contribution in [-0.2, 0) is 9.59 Å². The minimum Gasteiger partial charge on any atom is -0.506 e. The number of carbonyl (C=O) groups is 2. The van der Waals surface area contributed by atoms with Crippen LogP contribution < -0.4 is 10.6 Å². The Balaban J connectivity index is 3.07. The van der Waals surface area contributed by atoms with E-state index in [1.807, 2.05) is 0 Å². The van der Waals surface area contributed by atoms with Gasteiger partial charge in [-0.3, -0.25) is 9.59 Å². The maximum absolute atomic E-state index is 10.8. The summed E-state index contributed by atoms with van der Waals surface area (Å²) in [6.07, 6.45) is 0.420. The Bertz CT molecular complexity index is 407. The second kappa shape index (κ2) is 4.65. The van der Waals surface area contributed by atoms with Gasteiger partial charge in [0.2, 0.25) is 12.3 Å². The minimum atomic E-state index is -0.299. The summed E-state index contributed by atoms with van der Waals surface area (Å²) in [5.74, 6) is -0.470. The van der Waals surface area contributed by atoms with Crippen molar-refractivity contribution >= 4 is 35.3 Å². The van der Waals surface area contributed by atoms with Crippen LogP contribution in [0.25, 0.3) is 0 Å². The smallest absolute Gasteiger partial charge is 0.221 e. The molecule has 15 heavy (non-hydrogen) atoms. The molecule has 0 aliphatic heterocycles. The number of phenols is 1. The van der Waals surface area contributed by atoms with Crippen molar-refractivity contribution in [2.24, 2.45) is 0 Å². The lowest BCUT2D eigenvalue weighted by molar-refractivity contribution is -0.114. The molecular formula is C9H9ClN2O3. The number of carbonyl (C=O) groups excluding carboxylic acids is 2. The summed E-state index contributed by atoms with van der Waals surface area (Å²) in [6, 6.07) is 2.60. The Morgan fingerprint density at radius 1 is 1.47 bits per heavy atom. The van der Waals surface area contributed by atoms with Gasteiger partial charge in [-0.2, -0.15) is 0 Å². The molecule has 0 atom stereocenters. The van der Waals surface area contributed by atoms with E-state index < -0.39 is 0 Å². The topological polar surface area (TPSA) is 78.4 Å². The third kappa shape index (κ3) is 2.85. The minimum absolute atomic E-state index is 0.171. The molecule has 0 aromatic heterocycles. The van der Waals surface area contributed by atoms with Crippen molar-refractivity contribution in [2.75, 3.05) is 10.6 Å². The Hall–Kier alpha value is -1.75. The highest BCUT2D eigenvalue weighted by molar-refractivity contribution is 6.34. The zero-order valence-corrected chi connectivity index (χ0v) is 8.63. The zero-order valence-electron chi connectivity index (χ0n) is 7.87. The van der Waals surface area contributed by atoms with Crippen LogP contribution in [0.4, 0.5) is 11.4 Å². The highest BCUT2D eigenvalue weighted by Gasteiger charge is 2.08. The van der Waals surface area contributed by atoms with E-state index in [0.29, 0.717) is 6.41 Å². The molecule has 1 aromatic carbocycles. The largest absolute Gasteiger partial charge is 0.506 e. The van der Waals surface area contributed by atoms with Crippen molar-refractivity contribution in [1.29, 1.82) is 0 Å². The fourth-order valence-electron chi connectivity index (χ4n) is 1.03. The number of benzene rings is 1. The van der Waals surface area contributed by atoms with E-state index in [4.69, 9.17) is 11.6 Å². The van der Waals surface area contributed by atoms with Crippen LogP contribution in [0.3, 0.4) is 0 Å². The van der Waals surface area contributed by atoms with E-state index in [1.54, 1.807) is 0 Å². The van der Waals surface area contributed by atoms with E-state index in [-0.39, 0.29) is 28.1 Å². The van der Waals surface area contributed by atoms with E-state index >= 15 is 0 Å².